The summed E-state index contributed by atoms with van der Waals surface area (Å²) in [4.78, 5) is 11.3. The van der Waals surface area contributed by atoms with Gasteiger partial charge in [-0.05, 0) is 30.6 Å². The molecule has 2 fully saturated rings. The lowest BCUT2D eigenvalue weighted by Crippen LogP contribution is -2.23. The lowest BCUT2D eigenvalue weighted by atomic mass is 9.81. The van der Waals surface area contributed by atoms with Crippen molar-refractivity contribution in [3.63, 3.8) is 0 Å². The van der Waals surface area contributed by atoms with Crippen LogP contribution in [0.2, 0.25) is 0 Å². The van der Waals surface area contributed by atoms with Crippen LogP contribution in [-0.4, -0.2) is 5.78 Å². The number of rotatable bonds is 0. The smallest absolute Gasteiger partial charge is 0.136 e. The normalized spacial score (nSPS) is 52.2. The van der Waals surface area contributed by atoms with Gasteiger partial charge in [0, 0.05) is 12.3 Å². The van der Waals surface area contributed by atoms with Gasteiger partial charge in [-0.3, -0.25) is 4.79 Å². The fourth-order valence-corrected chi connectivity index (χ4v) is 3.28. The highest BCUT2D eigenvalue weighted by molar-refractivity contribution is 5.85. The fraction of sp³-hybridized carbons (Fsp3) is 0.700. The lowest BCUT2D eigenvalue weighted by molar-refractivity contribution is -0.123. The molecule has 0 amide bonds. The topological polar surface area (TPSA) is 17.1 Å². The Bertz CT molecular complexity index is 241. The molecule has 0 aliphatic heterocycles. The second-order valence-electron chi connectivity index (χ2n) is 4.18. The van der Waals surface area contributed by atoms with Crippen molar-refractivity contribution in [2.45, 2.75) is 19.3 Å². The first-order valence-electron chi connectivity index (χ1n) is 4.55. The average Bonchev–Trinajstić information content (AvgIpc) is 2.52. The molecule has 0 unspecified atom stereocenters. The van der Waals surface area contributed by atoms with E-state index in [1.165, 1.54) is 12.8 Å². The Hall–Kier alpha value is -0.590. The van der Waals surface area contributed by atoms with Crippen LogP contribution in [0.25, 0.3) is 0 Å². The van der Waals surface area contributed by atoms with Crippen LogP contribution in [0.3, 0.4) is 0 Å². The molecule has 0 N–H and O–H groups in total. The third-order valence-corrected chi connectivity index (χ3v) is 3.76. The number of hydrogen-bond acceptors (Lipinski definition) is 1. The largest absolute Gasteiger partial charge is 0.299 e. The van der Waals surface area contributed by atoms with Crippen LogP contribution in [0.15, 0.2) is 12.2 Å². The number of carbonyl (C=O) groups is 1. The van der Waals surface area contributed by atoms with Crippen LogP contribution in [0.1, 0.15) is 19.3 Å². The summed E-state index contributed by atoms with van der Waals surface area (Å²) in [6.45, 7) is 0. The van der Waals surface area contributed by atoms with Gasteiger partial charge in [0.15, 0.2) is 0 Å². The van der Waals surface area contributed by atoms with E-state index in [2.05, 4.69) is 12.2 Å². The summed E-state index contributed by atoms with van der Waals surface area (Å²) in [5, 5.41) is 0. The molecule has 0 aromatic heterocycles. The van der Waals surface area contributed by atoms with Crippen LogP contribution in [0, 0.1) is 23.7 Å². The summed E-state index contributed by atoms with van der Waals surface area (Å²) >= 11 is 0. The van der Waals surface area contributed by atoms with Crippen LogP contribution < -0.4 is 0 Å². The SMILES string of the molecule is O=C1C[C@H]2C[C@H]1[C@H]1C=CC[C@@H]21. The molecule has 3 aliphatic carbocycles. The van der Waals surface area contributed by atoms with Gasteiger partial charge in [0.25, 0.3) is 0 Å². The maximum atomic E-state index is 11.3. The van der Waals surface area contributed by atoms with Gasteiger partial charge < -0.3 is 0 Å². The second kappa shape index (κ2) is 1.77. The summed E-state index contributed by atoms with van der Waals surface area (Å²) in [6, 6.07) is 0. The van der Waals surface area contributed by atoms with Crippen molar-refractivity contribution in [1.82, 2.24) is 0 Å². The van der Waals surface area contributed by atoms with E-state index >= 15 is 0 Å². The van der Waals surface area contributed by atoms with Crippen molar-refractivity contribution >= 4 is 5.78 Å². The molecule has 58 valence electrons. The molecule has 2 bridgehead atoms. The minimum Gasteiger partial charge on any atom is -0.299 e. The van der Waals surface area contributed by atoms with Crippen LogP contribution in [-0.2, 0) is 4.79 Å². The predicted octanol–water partition coefficient (Wildman–Crippen LogP) is 1.79. The Labute approximate surface area is 66.5 Å². The van der Waals surface area contributed by atoms with Crippen molar-refractivity contribution in [2.75, 3.05) is 0 Å². The molecule has 0 saturated heterocycles. The number of Topliss-reactive ketones (excluding diaryl/α,β-unsaturated/α-hetero) is 1. The predicted molar refractivity (Wildman–Crippen MR) is 42.0 cm³/mol. The molecule has 0 spiro atoms. The van der Waals surface area contributed by atoms with Crippen molar-refractivity contribution in [2.24, 2.45) is 23.7 Å². The maximum Gasteiger partial charge on any atom is 0.136 e. The quantitative estimate of drug-likeness (QED) is 0.479. The Morgan fingerprint density at radius 3 is 3.27 bits per heavy atom. The molecule has 11 heavy (non-hydrogen) atoms. The van der Waals surface area contributed by atoms with Gasteiger partial charge in [-0.1, -0.05) is 12.2 Å². The summed E-state index contributed by atoms with van der Waals surface area (Å²) < 4.78 is 0. The lowest BCUT2D eigenvalue weighted by Gasteiger charge is -2.22. The van der Waals surface area contributed by atoms with E-state index in [9.17, 15) is 4.79 Å². The number of ketones is 1. The maximum absolute atomic E-state index is 11.3. The minimum atomic E-state index is 0.434. The molecule has 0 heterocycles. The van der Waals surface area contributed by atoms with E-state index in [-0.39, 0.29) is 0 Å². The number of carbonyl (C=O) groups excluding carboxylic acids is 1. The van der Waals surface area contributed by atoms with E-state index < -0.39 is 0 Å². The van der Waals surface area contributed by atoms with Crippen LogP contribution in [0.5, 0.6) is 0 Å². The Morgan fingerprint density at radius 2 is 2.36 bits per heavy atom. The van der Waals surface area contributed by atoms with Gasteiger partial charge in [0.2, 0.25) is 0 Å². The first kappa shape index (κ1) is 5.99. The molecule has 1 heteroatoms. The van der Waals surface area contributed by atoms with Crippen molar-refractivity contribution in [3.05, 3.63) is 12.2 Å². The fourth-order valence-electron chi connectivity index (χ4n) is 3.28. The van der Waals surface area contributed by atoms with Gasteiger partial charge in [-0.15, -0.1) is 0 Å². The third kappa shape index (κ3) is 0.597. The van der Waals surface area contributed by atoms with E-state index in [0.29, 0.717) is 17.6 Å². The van der Waals surface area contributed by atoms with Crippen molar-refractivity contribution in [1.29, 1.82) is 0 Å². The number of fused-ring (bicyclic) bond motifs is 5. The second-order valence-corrected chi connectivity index (χ2v) is 4.18. The zero-order chi connectivity index (χ0) is 7.42. The highest BCUT2D eigenvalue weighted by Gasteiger charge is 2.51. The van der Waals surface area contributed by atoms with E-state index in [0.717, 1.165) is 18.3 Å². The Balaban J connectivity index is 2.00. The van der Waals surface area contributed by atoms with Gasteiger partial charge in [-0.25, -0.2) is 0 Å². The minimum absolute atomic E-state index is 0.434. The monoisotopic (exact) mass is 148 g/mol. The summed E-state index contributed by atoms with van der Waals surface area (Å²) in [5.74, 6) is 3.25. The zero-order valence-electron chi connectivity index (χ0n) is 6.49. The molecule has 0 radical (unpaired) electrons. The molecule has 4 atom stereocenters. The summed E-state index contributed by atoms with van der Waals surface area (Å²) in [5.41, 5.74) is 0. The first-order valence-corrected chi connectivity index (χ1v) is 4.55. The summed E-state index contributed by atoms with van der Waals surface area (Å²) in [6.07, 6.45) is 7.91. The highest BCUT2D eigenvalue weighted by Crippen LogP contribution is 2.54. The average molecular weight is 148 g/mol. The van der Waals surface area contributed by atoms with E-state index in [1.807, 2.05) is 0 Å². The molecule has 3 aliphatic rings. The zero-order valence-corrected chi connectivity index (χ0v) is 6.49. The summed E-state index contributed by atoms with van der Waals surface area (Å²) in [7, 11) is 0. The standard InChI is InChI=1S/C10H12O/c11-10-5-6-4-9(10)8-3-1-2-7(6)8/h1,3,6-9H,2,4-5H2/t6-,7+,8+,9+/m1/s1. The molecule has 1 nitrogen and oxygen atoms in total. The van der Waals surface area contributed by atoms with Gasteiger partial charge >= 0.3 is 0 Å². The van der Waals surface area contributed by atoms with Crippen LogP contribution in [0.4, 0.5) is 0 Å². The van der Waals surface area contributed by atoms with E-state index in [1.54, 1.807) is 0 Å². The molecule has 0 aromatic rings. The van der Waals surface area contributed by atoms with Crippen molar-refractivity contribution < 1.29 is 4.79 Å². The van der Waals surface area contributed by atoms with Crippen LogP contribution >= 0.6 is 0 Å². The molecular formula is C10H12O. The molecular weight excluding hydrogens is 136 g/mol. The van der Waals surface area contributed by atoms with Crippen molar-refractivity contribution in [3.8, 4) is 0 Å². The molecule has 3 rings (SSSR count). The Morgan fingerprint density at radius 1 is 1.45 bits per heavy atom. The first-order chi connectivity index (χ1) is 5.36. The van der Waals surface area contributed by atoms with Gasteiger partial charge in [0.1, 0.15) is 5.78 Å². The third-order valence-electron chi connectivity index (χ3n) is 3.76. The Kier molecular flexibility index (Phi) is 0.961. The molecule has 0 aromatic carbocycles. The number of hydrogen-bond donors (Lipinski definition) is 0. The van der Waals surface area contributed by atoms with Gasteiger partial charge in [-0.2, -0.15) is 0 Å². The van der Waals surface area contributed by atoms with E-state index in [4.69, 9.17) is 0 Å². The molecule has 2 saturated carbocycles. The highest BCUT2D eigenvalue weighted by atomic mass is 16.1. The van der Waals surface area contributed by atoms with Gasteiger partial charge in [0.05, 0.1) is 0 Å². The number of allylic oxidation sites excluding steroid dienone is 2.